The lowest BCUT2D eigenvalue weighted by Crippen LogP contribution is -2.56. The number of benzene rings is 2. The van der Waals surface area contributed by atoms with Crippen molar-refractivity contribution in [2.24, 2.45) is 0 Å². The number of methoxy groups -OCH3 is 2. The fourth-order valence-corrected chi connectivity index (χ4v) is 4.37. The van der Waals surface area contributed by atoms with E-state index in [0.29, 0.717) is 35.1 Å². The van der Waals surface area contributed by atoms with Crippen molar-refractivity contribution in [3.8, 4) is 23.0 Å². The van der Waals surface area contributed by atoms with E-state index in [9.17, 15) is 9.59 Å². The monoisotopic (exact) mass is 396 g/mol. The van der Waals surface area contributed by atoms with Gasteiger partial charge in [0, 0.05) is 30.6 Å². The summed E-state index contributed by atoms with van der Waals surface area (Å²) in [5, 5.41) is 3.05. The summed E-state index contributed by atoms with van der Waals surface area (Å²) in [6.07, 6.45) is 0.280. The standard InChI is InChI=1S/C21H20N2O6/c1-26-16-6-4-12-13-8-18(24)23(11-3-5-15-17(7-11)29-10-28-15)9-14(13)22-21(25)19(12)20(16)27-2/h3-7,13-14H,8-10H2,1-2H3,(H,22,25)/t13-,14+/m0/s1. The van der Waals surface area contributed by atoms with Crippen molar-refractivity contribution in [2.45, 2.75) is 18.4 Å². The van der Waals surface area contributed by atoms with E-state index in [0.717, 1.165) is 11.3 Å². The molecule has 5 rings (SSSR count). The number of carbonyl (C=O) groups excluding carboxylic acids is 2. The van der Waals surface area contributed by atoms with Gasteiger partial charge in [-0.1, -0.05) is 6.07 Å². The van der Waals surface area contributed by atoms with Crippen molar-refractivity contribution in [1.29, 1.82) is 0 Å². The summed E-state index contributed by atoms with van der Waals surface area (Å²) in [5.74, 6) is 1.80. The van der Waals surface area contributed by atoms with Crippen LogP contribution in [0.25, 0.3) is 0 Å². The summed E-state index contributed by atoms with van der Waals surface area (Å²) in [7, 11) is 3.03. The lowest BCUT2D eigenvalue weighted by molar-refractivity contribution is -0.120. The number of nitrogens with one attached hydrogen (secondary N) is 1. The molecule has 0 radical (unpaired) electrons. The Kier molecular flexibility index (Phi) is 4.01. The van der Waals surface area contributed by atoms with E-state index in [1.165, 1.54) is 14.2 Å². The molecule has 0 aliphatic carbocycles. The second-order valence-electron chi connectivity index (χ2n) is 7.20. The highest BCUT2D eigenvalue weighted by atomic mass is 16.7. The van der Waals surface area contributed by atoms with E-state index >= 15 is 0 Å². The van der Waals surface area contributed by atoms with E-state index in [1.54, 1.807) is 23.1 Å². The molecular formula is C21H20N2O6. The zero-order valence-corrected chi connectivity index (χ0v) is 16.1. The van der Waals surface area contributed by atoms with E-state index < -0.39 is 0 Å². The first-order valence-electron chi connectivity index (χ1n) is 9.36. The van der Waals surface area contributed by atoms with E-state index in [4.69, 9.17) is 18.9 Å². The van der Waals surface area contributed by atoms with Crippen molar-refractivity contribution in [1.82, 2.24) is 5.32 Å². The number of anilines is 1. The Morgan fingerprint density at radius 3 is 2.69 bits per heavy atom. The first kappa shape index (κ1) is 17.7. The largest absolute Gasteiger partial charge is 0.493 e. The maximum absolute atomic E-state index is 13.0. The highest BCUT2D eigenvalue weighted by Gasteiger charge is 2.43. The van der Waals surface area contributed by atoms with Crippen LogP contribution >= 0.6 is 0 Å². The second kappa shape index (κ2) is 6.58. The van der Waals surface area contributed by atoms with Crippen LogP contribution in [0.1, 0.15) is 28.3 Å². The van der Waals surface area contributed by atoms with Crippen molar-refractivity contribution >= 4 is 17.5 Å². The van der Waals surface area contributed by atoms with Crippen molar-refractivity contribution in [3.63, 3.8) is 0 Å². The van der Waals surface area contributed by atoms with Crippen LogP contribution in [0, 0.1) is 0 Å². The molecule has 150 valence electrons. The zero-order chi connectivity index (χ0) is 20.1. The van der Waals surface area contributed by atoms with Gasteiger partial charge in [0.15, 0.2) is 23.0 Å². The average molecular weight is 396 g/mol. The summed E-state index contributed by atoms with van der Waals surface area (Å²) < 4.78 is 21.5. The van der Waals surface area contributed by atoms with Crippen LogP contribution in [0.5, 0.6) is 23.0 Å². The minimum atomic E-state index is -0.225. The Morgan fingerprint density at radius 2 is 1.90 bits per heavy atom. The van der Waals surface area contributed by atoms with Gasteiger partial charge in [0.25, 0.3) is 5.91 Å². The minimum absolute atomic E-state index is 0.0120. The number of piperidine rings is 1. The molecule has 8 heteroatoms. The Balaban J connectivity index is 1.49. The highest BCUT2D eigenvalue weighted by molar-refractivity contribution is 6.03. The smallest absolute Gasteiger partial charge is 0.255 e. The molecule has 2 atom stereocenters. The number of ether oxygens (including phenoxy) is 4. The number of hydrogen-bond donors (Lipinski definition) is 1. The molecule has 3 heterocycles. The first-order chi connectivity index (χ1) is 14.1. The van der Waals surface area contributed by atoms with Gasteiger partial charge in [0.05, 0.1) is 25.8 Å². The average Bonchev–Trinajstić information content (AvgIpc) is 3.21. The third kappa shape index (κ3) is 2.66. The fourth-order valence-electron chi connectivity index (χ4n) is 4.37. The number of hydrogen-bond acceptors (Lipinski definition) is 6. The highest BCUT2D eigenvalue weighted by Crippen LogP contribution is 2.44. The molecule has 0 bridgehead atoms. The second-order valence-corrected chi connectivity index (χ2v) is 7.20. The Labute approximate surface area is 167 Å². The fraction of sp³-hybridized carbons (Fsp3) is 0.333. The zero-order valence-electron chi connectivity index (χ0n) is 16.1. The number of nitrogens with zero attached hydrogens (tertiary/aromatic N) is 1. The topological polar surface area (TPSA) is 86.3 Å². The summed E-state index contributed by atoms with van der Waals surface area (Å²) in [6, 6.07) is 8.86. The molecule has 1 saturated heterocycles. The normalized spacial score (nSPS) is 21.9. The minimum Gasteiger partial charge on any atom is -0.493 e. The SMILES string of the molecule is COc1ccc2c(c1OC)C(=O)N[C@@H]1CN(c3ccc4c(c3)OCO4)C(=O)C[C@@H]21. The van der Waals surface area contributed by atoms with E-state index in [2.05, 4.69) is 5.32 Å². The van der Waals surface area contributed by atoms with Crippen molar-refractivity contribution < 1.29 is 28.5 Å². The van der Waals surface area contributed by atoms with Crippen LogP contribution in [0.3, 0.4) is 0 Å². The first-order valence-corrected chi connectivity index (χ1v) is 9.36. The summed E-state index contributed by atoms with van der Waals surface area (Å²) in [4.78, 5) is 27.6. The van der Waals surface area contributed by atoms with Gasteiger partial charge < -0.3 is 29.2 Å². The summed E-state index contributed by atoms with van der Waals surface area (Å²) in [5.41, 5.74) is 1.98. The van der Waals surface area contributed by atoms with Crippen molar-refractivity contribution in [3.05, 3.63) is 41.5 Å². The Bertz CT molecular complexity index is 1020. The predicted molar refractivity (Wildman–Crippen MR) is 103 cm³/mol. The van der Waals surface area contributed by atoms with Gasteiger partial charge in [-0.2, -0.15) is 0 Å². The maximum atomic E-state index is 13.0. The van der Waals surface area contributed by atoms with Crippen LogP contribution in [0.15, 0.2) is 30.3 Å². The Morgan fingerprint density at radius 1 is 1.07 bits per heavy atom. The number of fused-ring (bicyclic) bond motifs is 4. The van der Waals surface area contributed by atoms with Crippen LogP contribution in [0.2, 0.25) is 0 Å². The molecule has 1 N–H and O–H groups in total. The van der Waals surface area contributed by atoms with Crippen molar-refractivity contribution in [2.75, 3.05) is 32.5 Å². The van der Waals surface area contributed by atoms with Gasteiger partial charge in [-0.25, -0.2) is 0 Å². The molecule has 3 aliphatic heterocycles. The lowest BCUT2D eigenvalue weighted by Gasteiger charge is -2.42. The third-order valence-electron chi connectivity index (χ3n) is 5.75. The molecule has 1 fully saturated rings. The van der Waals surface area contributed by atoms with Gasteiger partial charge in [-0.3, -0.25) is 9.59 Å². The van der Waals surface area contributed by atoms with Crippen LogP contribution in [0.4, 0.5) is 5.69 Å². The number of amides is 2. The number of carbonyl (C=O) groups is 2. The van der Waals surface area contributed by atoms with E-state index in [1.807, 2.05) is 12.1 Å². The molecule has 0 aromatic heterocycles. The summed E-state index contributed by atoms with van der Waals surface area (Å²) in [6.45, 7) is 0.554. The predicted octanol–water partition coefficient (Wildman–Crippen LogP) is 2.06. The van der Waals surface area contributed by atoms with Gasteiger partial charge in [0.2, 0.25) is 12.7 Å². The van der Waals surface area contributed by atoms with Crippen LogP contribution < -0.4 is 29.2 Å². The molecule has 29 heavy (non-hydrogen) atoms. The summed E-state index contributed by atoms with van der Waals surface area (Å²) >= 11 is 0. The van der Waals surface area contributed by atoms with Gasteiger partial charge in [-0.05, 0) is 23.8 Å². The lowest BCUT2D eigenvalue weighted by atomic mass is 9.79. The third-order valence-corrected chi connectivity index (χ3v) is 5.75. The molecule has 0 spiro atoms. The molecular weight excluding hydrogens is 376 g/mol. The van der Waals surface area contributed by atoms with Gasteiger partial charge in [0.1, 0.15) is 0 Å². The molecule has 3 aliphatic rings. The molecule has 2 aromatic carbocycles. The van der Waals surface area contributed by atoms with Gasteiger partial charge in [-0.15, -0.1) is 0 Å². The maximum Gasteiger partial charge on any atom is 0.255 e. The van der Waals surface area contributed by atoms with Gasteiger partial charge >= 0.3 is 0 Å². The quantitative estimate of drug-likeness (QED) is 0.855. The van der Waals surface area contributed by atoms with E-state index in [-0.39, 0.29) is 37.0 Å². The molecule has 0 unspecified atom stereocenters. The molecule has 8 nitrogen and oxygen atoms in total. The Hall–Kier alpha value is -3.42. The number of rotatable bonds is 3. The van der Waals surface area contributed by atoms with Crippen LogP contribution in [-0.2, 0) is 4.79 Å². The van der Waals surface area contributed by atoms with Crippen LogP contribution in [-0.4, -0.2) is 45.4 Å². The molecule has 2 aromatic rings. The molecule has 2 amide bonds. The molecule has 0 saturated carbocycles.